The fourth-order valence-corrected chi connectivity index (χ4v) is 11.0. The van der Waals surface area contributed by atoms with Gasteiger partial charge in [0.15, 0.2) is 12.4 Å². The van der Waals surface area contributed by atoms with Crippen LogP contribution in [-0.4, -0.2) is 82.3 Å². The van der Waals surface area contributed by atoms with E-state index < -0.39 is 53.1 Å². The molecule has 3 saturated heterocycles. The summed E-state index contributed by atoms with van der Waals surface area (Å²) < 4.78 is 36.6. The maximum absolute atomic E-state index is 12.8. The summed E-state index contributed by atoms with van der Waals surface area (Å²) in [6, 6.07) is 3.32. The Labute approximate surface area is 239 Å². The first-order valence-corrected chi connectivity index (χ1v) is 15.3. The van der Waals surface area contributed by atoms with Crippen LogP contribution >= 0.6 is 0 Å². The molecule has 3 aliphatic heterocycles. The largest absolute Gasteiger partial charge is 0.431 e. The van der Waals surface area contributed by atoms with E-state index in [1.807, 2.05) is 6.07 Å². The first-order valence-electron chi connectivity index (χ1n) is 15.3. The average molecular weight is 575 g/mol. The highest BCUT2D eigenvalue weighted by Gasteiger charge is 2.85. The molecule has 4 saturated carbocycles. The SMILES string of the molecule is COC12OC3CC4(C)C(CC3OC(OC(C)C1O)C2O)CC1OC12C4CCC1(C)C(c3ccc(=O)oc3)CCC12O. The highest BCUT2D eigenvalue weighted by atomic mass is 16.8. The topological polar surface area (TPSA) is 140 Å². The van der Waals surface area contributed by atoms with Gasteiger partial charge < -0.3 is 43.4 Å². The summed E-state index contributed by atoms with van der Waals surface area (Å²) in [5.74, 6) is -1.19. The minimum absolute atomic E-state index is 0.0286. The highest BCUT2D eigenvalue weighted by Crippen LogP contribution is 2.78. The standard InChI is InChI=1S/C31H42O10/c1-15-24(33)31(36-4)25(34)26(38-15)39-19-11-17-12-22-30(41-22)21(27(17,2)13-20(19)40-31)8-9-28(3)18(7-10-29(28,30)35)16-5-6-23(32)37-14-16/h5-6,14-15,17-22,24-26,33-35H,7-13H2,1-4H3. The molecule has 2 bridgehead atoms. The predicted molar refractivity (Wildman–Crippen MR) is 142 cm³/mol. The number of aliphatic hydroxyl groups is 3. The van der Waals surface area contributed by atoms with Crippen molar-refractivity contribution in [2.24, 2.45) is 22.7 Å². The van der Waals surface area contributed by atoms with E-state index in [9.17, 15) is 20.1 Å². The van der Waals surface area contributed by atoms with E-state index in [-0.39, 0.29) is 41.0 Å². The van der Waals surface area contributed by atoms with Gasteiger partial charge in [-0.05, 0) is 86.7 Å². The molecular weight excluding hydrogens is 532 g/mol. The van der Waals surface area contributed by atoms with Gasteiger partial charge in [0.25, 0.3) is 0 Å². The van der Waals surface area contributed by atoms with E-state index in [0.717, 1.165) is 31.2 Å². The zero-order valence-electron chi connectivity index (χ0n) is 24.2. The molecule has 0 radical (unpaired) electrons. The number of methoxy groups -OCH3 is 1. The smallest absolute Gasteiger partial charge is 0.335 e. The molecule has 1 aromatic heterocycles. The fourth-order valence-electron chi connectivity index (χ4n) is 11.0. The number of hydrogen-bond donors (Lipinski definition) is 3. The minimum atomic E-state index is -1.65. The molecule has 0 aromatic carbocycles. The van der Waals surface area contributed by atoms with E-state index in [0.29, 0.717) is 19.3 Å². The Hall–Kier alpha value is -1.37. The molecule has 0 amide bonds. The molecule has 1 aromatic rings. The van der Waals surface area contributed by atoms with Crippen LogP contribution in [0.15, 0.2) is 27.6 Å². The second-order valence-electron chi connectivity index (χ2n) is 14.5. The summed E-state index contributed by atoms with van der Waals surface area (Å²) >= 11 is 0. The summed E-state index contributed by atoms with van der Waals surface area (Å²) in [6.45, 7) is 6.24. The van der Waals surface area contributed by atoms with Gasteiger partial charge in [0.2, 0.25) is 5.79 Å². The van der Waals surface area contributed by atoms with Gasteiger partial charge in [-0.25, -0.2) is 4.79 Å². The van der Waals surface area contributed by atoms with Crippen LogP contribution < -0.4 is 5.63 Å². The van der Waals surface area contributed by atoms with E-state index in [4.69, 9.17) is 28.1 Å². The Kier molecular flexibility index (Phi) is 5.58. The zero-order valence-corrected chi connectivity index (χ0v) is 24.2. The van der Waals surface area contributed by atoms with Gasteiger partial charge >= 0.3 is 5.63 Å². The normalized spacial score (nSPS) is 58.7. The van der Waals surface area contributed by atoms with E-state index in [2.05, 4.69) is 13.8 Å². The Morgan fingerprint density at radius 1 is 1.00 bits per heavy atom. The summed E-state index contributed by atoms with van der Waals surface area (Å²) in [7, 11) is 1.44. The predicted octanol–water partition coefficient (Wildman–Crippen LogP) is 2.22. The Morgan fingerprint density at radius 2 is 1.80 bits per heavy atom. The maximum Gasteiger partial charge on any atom is 0.335 e. The average Bonchev–Trinajstić information content (AvgIpc) is 3.61. The number of fused-ring (bicyclic) bond motifs is 6. The monoisotopic (exact) mass is 574 g/mol. The second-order valence-corrected chi connectivity index (χ2v) is 14.5. The van der Waals surface area contributed by atoms with Crippen molar-refractivity contribution < 1.29 is 43.4 Å². The van der Waals surface area contributed by atoms with E-state index >= 15 is 0 Å². The third kappa shape index (κ3) is 3.13. The summed E-state index contributed by atoms with van der Waals surface area (Å²) in [6.07, 6.45) is 2.05. The molecule has 15 atom stereocenters. The number of epoxide rings is 1. The summed E-state index contributed by atoms with van der Waals surface area (Å²) in [5.41, 5.74) is -1.70. The molecule has 1 spiro atoms. The lowest BCUT2D eigenvalue weighted by atomic mass is 9.42. The molecule has 15 unspecified atom stereocenters. The Balaban J connectivity index is 1.14. The molecule has 4 aliphatic carbocycles. The van der Waals surface area contributed by atoms with Gasteiger partial charge in [0, 0.05) is 18.6 Å². The highest BCUT2D eigenvalue weighted by molar-refractivity contribution is 5.36. The molecule has 41 heavy (non-hydrogen) atoms. The Bertz CT molecular complexity index is 1280. The van der Waals surface area contributed by atoms with Gasteiger partial charge in [0.1, 0.15) is 17.3 Å². The van der Waals surface area contributed by atoms with Gasteiger partial charge in [-0.15, -0.1) is 0 Å². The number of ether oxygens (including phenoxy) is 5. The molecule has 10 nitrogen and oxygen atoms in total. The summed E-state index contributed by atoms with van der Waals surface area (Å²) in [4.78, 5) is 11.7. The van der Waals surface area contributed by atoms with E-state index in [1.165, 1.54) is 13.2 Å². The van der Waals surface area contributed by atoms with Crippen LogP contribution in [0.5, 0.6) is 0 Å². The lowest BCUT2D eigenvalue weighted by molar-refractivity contribution is -0.388. The molecule has 7 fully saturated rings. The lowest BCUT2D eigenvalue weighted by Crippen LogP contribution is -2.69. The number of hydrogen-bond acceptors (Lipinski definition) is 10. The molecule has 8 rings (SSSR count). The first kappa shape index (κ1) is 27.2. The van der Waals surface area contributed by atoms with Crippen molar-refractivity contribution in [3.05, 3.63) is 34.4 Å². The van der Waals surface area contributed by atoms with Crippen molar-refractivity contribution in [2.75, 3.05) is 7.11 Å². The molecule has 10 heteroatoms. The zero-order chi connectivity index (χ0) is 28.7. The molecular formula is C31H42O10. The first-order chi connectivity index (χ1) is 19.4. The minimum Gasteiger partial charge on any atom is -0.431 e. The Morgan fingerprint density at radius 3 is 2.54 bits per heavy atom. The molecule has 7 aliphatic rings. The third-order valence-corrected chi connectivity index (χ3v) is 13.1. The van der Waals surface area contributed by atoms with Crippen molar-refractivity contribution in [2.45, 2.75) is 132 Å². The van der Waals surface area contributed by atoms with Gasteiger partial charge in [-0.2, -0.15) is 0 Å². The lowest BCUT2D eigenvalue weighted by Gasteiger charge is -2.62. The molecule has 4 heterocycles. The molecule has 3 N–H and O–H groups in total. The van der Waals surface area contributed by atoms with Crippen LogP contribution in [0.2, 0.25) is 0 Å². The summed E-state index contributed by atoms with van der Waals surface area (Å²) in [5, 5.41) is 35.0. The number of rotatable bonds is 2. The van der Waals surface area contributed by atoms with Crippen LogP contribution in [0, 0.1) is 22.7 Å². The van der Waals surface area contributed by atoms with Crippen molar-refractivity contribution >= 4 is 0 Å². The maximum atomic E-state index is 12.8. The molecule has 226 valence electrons. The van der Waals surface area contributed by atoms with Crippen LogP contribution in [0.25, 0.3) is 0 Å². The fraction of sp³-hybridized carbons (Fsp3) is 0.839. The quantitative estimate of drug-likeness (QED) is 0.356. The van der Waals surface area contributed by atoms with E-state index in [1.54, 1.807) is 13.2 Å². The van der Waals surface area contributed by atoms with Crippen molar-refractivity contribution in [3.63, 3.8) is 0 Å². The van der Waals surface area contributed by atoms with Crippen molar-refractivity contribution in [1.29, 1.82) is 0 Å². The van der Waals surface area contributed by atoms with Gasteiger partial charge in [-0.3, -0.25) is 0 Å². The number of aliphatic hydroxyl groups excluding tert-OH is 2. The van der Waals surface area contributed by atoms with Crippen LogP contribution in [0.3, 0.4) is 0 Å². The van der Waals surface area contributed by atoms with Gasteiger partial charge in [0.05, 0.1) is 30.7 Å². The third-order valence-electron chi connectivity index (χ3n) is 13.1. The van der Waals surface area contributed by atoms with Crippen LogP contribution in [0.4, 0.5) is 0 Å². The van der Waals surface area contributed by atoms with Crippen molar-refractivity contribution in [1.82, 2.24) is 0 Å². The van der Waals surface area contributed by atoms with Crippen LogP contribution in [-0.2, 0) is 23.7 Å². The second kappa shape index (κ2) is 8.41. The van der Waals surface area contributed by atoms with Crippen LogP contribution in [0.1, 0.15) is 77.2 Å². The van der Waals surface area contributed by atoms with Crippen molar-refractivity contribution in [3.8, 4) is 0 Å². The van der Waals surface area contributed by atoms with Gasteiger partial charge in [-0.1, -0.05) is 13.8 Å².